The standard InChI is InChI=1S/C28H33N3O4/c1-19(16-27(2,3)4)15-23(24(32)33)31-25(34)28(5,22-13-11-20(17-29)12-14-22)30(26(31)35)18-21-9-7-6-8-10-21/h6-14,19,23H,15-16,18H2,1-5H3,(H,32,33)/t19?,23?,28-/m0/s1. The van der Waals surface area contributed by atoms with Crippen LogP contribution in [0.3, 0.4) is 0 Å². The predicted molar refractivity (Wildman–Crippen MR) is 132 cm³/mol. The zero-order valence-electron chi connectivity index (χ0n) is 21.0. The van der Waals surface area contributed by atoms with E-state index < -0.39 is 29.5 Å². The van der Waals surface area contributed by atoms with Gasteiger partial charge in [0.05, 0.1) is 11.6 Å². The highest BCUT2D eigenvalue weighted by molar-refractivity contribution is 6.09. The van der Waals surface area contributed by atoms with Crippen LogP contribution in [0.15, 0.2) is 54.6 Å². The molecule has 0 radical (unpaired) electrons. The van der Waals surface area contributed by atoms with E-state index in [0.29, 0.717) is 11.1 Å². The molecule has 1 N–H and O–H groups in total. The van der Waals surface area contributed by atoms with Gasteiger partial charge in [-0.25, -0.2) is 14.5 Å². The molecule has 1 fully saturated rings. The molecule has 0 saturated carbocycles. The Morgan fingerprint density at radius 1 is 1.09 bits per heavy atom. The summed E-state index contributed by atoms with van der Waals surface area (Å²) < 4.78 is 0. The Morgan fingerprint density at radius 2 is 1.69 bits per heavy atom. The third-order valence-corrected chi connectivity index (χ3v) is 6.55. The number of imide groups is 1. The van der Waals surface area contributed by atoms with Crippen molar-refractivity contribution in [1.29, 1.82) is 5.26 Å². The first kappa shape index (κ1) is 26.0. The number of carbonyl (C=O) groups excluding carboxylic acids is 2. The molecule has 0 aliphatic carbocycles. The lowest BCUT2D eigenvalue weighted by Crippen LogP contribution is -2.47. The highest BCUT2D eigenvalue weighted by Crippen LogP contribution is 2.40. The van der Waals surface area contributed by atoms with Gasteiger partial charge in [-0.3, -0.25) is 4.79 Å². The van der Waals surface area contributed by atoms with Crippen molar-refractivity contribution in [3.8, 4) is 6.07 Å². The van der Waals surface area contributed by atoms with Gasteiger partial charge < -0.3 is 10.0 Å². The number of carboxylic acid groups (broad SMARTS) is 1. The maximum Gasteiger partial charge on any atom is 0.329 e. The maximum atomic E-state index is 13.9. The number of benzene rings is 2. The summed E-state index contributed by atoms with van der Waals surface area (Å²) >= 11 is 0. The topological polar surface area (TPSA) is 102 Å². The van der Waals surface area contributed by atoms with E-state index >= 15 is 0 Å². The number of aliphatic carboxylic acids is 1. The molecule has 2 aromatic rings. The van der Waals surface area contributed by atoms with Crippen LogP contribution in [0.5, 0.6) is 0 Å². The Hall–Kier alpha value is -3.66. The van der Waals surface area contributed by atoms with Gasteiger partial charge >= 0.3 is 12.0 Å². The SMILES string of the molecule is CC(CC(C(=O)O)N1C(=O)N(Cc2ccccc2)[C@@](C)(c2ccc(C#N)cc2)C1=O)CC(C)(C)C. The molecule has 3 atom stereocenters. The van der Waals surface area contributed by atoms with E-state index in [1.807, 2.05) is 37.3 Å². The number of hydrogen-bond donors (Lipinski definition) is 1. The molecule has 0 aromatic heterocycles. The van der Waals surface area contributed by atoms with Gasteiger partial charge in [0.25, 0.3) is 5.91 Å². The zero-order valence-corrected chi connectivity index (χ0v) is 21.0. The monoisotopic (exact) mass is 475 g/mol. The first-order chi connectivity index (χ1) is 16.4. The minimum Gasteiger partial charge on any atom is -0.480 e. The highest BCUT2D eigenvalue weighted by atomic mass is 16.4. The maximum absolute atomic E-state index is 13.9. The molecule has 7 heteroatoms. The number of carboxylic acids is 1. The molecule has 1 aliphatic heterocycles. The van der Waals surface area contributed by atoms with Crippen LogP contribution in [0.4, 0.5) is 4.79 Å². The van der Waals surface area contributed by atoms with Gasteiger partial charge in [-0.15, -0.1) is 0 Å². The Bertz CT molecular complexity index is 1130. The Balaban J connectivity index is 2.06. The second kappa shape index (κ2) is 9.91. The fourth-order valence-electron chi connectivity index (χ4n) is 5.00. The van der Waals surface area contributed by atoms with Crippen LogP contribution >= 0.6 is 0 Å². The summed E-state index contributed by atoms with van der Waals surface area (Å²) in [6, 6.07) is 16.0. The highest BCUT2D eigenvalue weighted by Gasteiger charge is 2.58. The van der Waals surface area contributed by atoms with Gasteiger partial charge in [-0.05, 0) is 54.4 Å². The van der Waals surface area contributed by atoms with Gasteiger partial charge in [0.15, 0.2) is 0 Å². The molecule has 1 heterocycles. The minimum atomic E-state index is -1.41. The normalized spacial score (nSPS) is 20.0. The van der Waals surface area contributed by atoms with Crippen LogP contribution in [0, 0.1) is 22.7 Å². The molecule has 2 unspecified atom stereocenters. The first-order valence-corrected chi connectivity index (χ1v) is 11.8. The molecular formula is C28H33N3O4. The summed E-state index contributed by atoms with van der Waals surface area (Å²) in [6.45, 7) is 9.98. The van der Waals surface area contributed by atoms with Crippen LogP contribution in [0.1, 0.15) is 64.2 Å². The molecule has 1 aliphatic rings. The molecule has 2 aromatic carbocycles. The summed E-state index contributed by atoms with van der Waals surface area (Å²) in [7, 11) is 0. The number of amides is 3. The third kappa shape index (κ3) is 5.37. The second-order valence-electron chi connectivity index (χ2n) is 10.8. The van der Waals surface area contributed by atoms with Crippen molar-refractivity contribution in [3.05, 3.63) is 71.3 Å². The lowest BCUT2D eigenvalue weighted by atomic mass is 9.82. The average molecular weight is 476 g/mol. The van der Waals surface area contributed by atoms with Crippen LogP contribution < -0.4 is 0 Å². The smallest absolute Gasteiger partial charge is 0.329 e. The van der Waals surface area contributed by atoms with E-state index in [2.05, 4.69) is 26.8 Å². The summed E-state index contributed by atoms with van der Waals surface area (Å²) in [5, 5.41) is 19.3. The van der Waals surface area contributed by atoms with Crippen molar-refractivity contribution >= 4 is 17.9 Å². The van der Waals surface area contributed by atoms with Gasteiger partial charge in [0.1, 0.15) is 11.6 Å². The molecule has 3 amide bonds. The first-order valence-electron chi connectivity index (χ1n) is 11.8. The average Bonchev–Trinajstić information content (AvgIpc) is 2.98. The van der Waals surface area contributed by atoms with Gasteiger partial charge in [0, 0.05) is 6.54 Å². The van der Waals surface area contributed by atoms with E-state index in [1.54, 1.807) is 31.2 Å². The molecule has 0 spiro atoms. The number of rotatable bonds is 8. The Morgan fingerprint density at radius 3 is 2.20 bits per heavy atom. The van der Waals surface area contributed by atoms with Crippen molar-refractivity contribution < 1.29 is 19.5 Å². The molecular weight excluding hydrogens is 442 g/mol. The number of urea groups is 1. The van der Waals surface area contributed by atoms with E-state index in [1.165, 1.54) is 4.90 Å². The van der Waals surface area contributed by atoms with Crippen LogP contribution in [0.2, 0.25) is 0 Å². The Kier molecular flexibility index (Phi) is 7.35. The van der Waals surface area contributed by atoms with Crippen molar-refractivity contribution in [2.75, 3.05) is 0 Å². The van der Waals surface area contributed by atoms with Crippen LogP contribution in [-0.2, 0) is 21.7 Å². The van der Waals surface area contributed by atoms with E-state index in [4.69, 9.17) is 0 Å². The summed E-state index contributed by atoms with van der Waals surface area (Å²) in [6.07, 6.45) is 0.931. The van der Waals surface area contributed by atoms with Crippen molar-refractivity contribution in [3.63, 3.8) is 0 Å². The molecule has 7 nitrogen and oxygen atoms in total. The van der Waals surface area contributed by atoms with Gasteiger partial charge in [-0.1, -0.05) is 70.2 Å². The lowest BCUT2D eigenvalue weighted by molar-refractivity contribution is -0.148. The quantitative estimate of drug-likeness (QED) is 0.532. The molecule has 184 valence electrons. The number of nitrogens with zero attached hydrogens (tertiary/aromatic N) is 3. The summed E-state index contributed by atoms with van der Waals surface area (Å²) in [4.78, 5) is 42.4. The molecule has 3 rings (SSSR count). The van der Waals surface area contributed by atoms with E-state index in [-0.39, 0.29) is 24.3 Å². The summed E-state index contributed by atoms with van der Waals surface area (Å²) in [5.74, 6) is -1.78. The van der Waals surface area contributed by atoms with Crippen LogP contribution in [0.25, 0.3) is 0 Å². The molecule has 1 saturated heterocycles. The lowest BCUT2D eigenvalue weighted by Gasteiger charge is -2.32. The Labute approximate surface area is 207 Å². The largest absolute Gasteiger partial charge is 0.480 e. The van der Waals surface area contributed by atoms with Gasteiger partial charge in [-0.2, -0.15) is 5.26 Å². The molecule has 0 bridgehead atoms. The molecule has 35 heavy (non-hydrogen) atoms. The second-order valence-corrected chi connectivity index (χ2v) is 10.8. The van der Waals surface area contributed by atoms with Gasteiger partial charge in [0.2, 0.25) is 0 Å². The third-order valence-electron chi connectivity index (χ3n) is 6.55. The van der Waals surface area contributed by atoms with E-state index in [9.17, 15) is 24.8 Å². The van der Waals surface area contributed by atoms with Crippen LogP contribution in [-0.4, -0.2) is 38.9 Å². The minimum absolute atomic E-state index is 0.0129. The number of nitriles is 1. The fraction of sp³-hybridized carbons (Fsp3) is 0.429. The fourth-order valence-corrected chi connectivity index (χ4v) is 5.00. The van der Waals surface area contributed by atoms with E-state index in [0.717, 1.165) is 16.9 Å². The van der Waals surface area contributed by atoms with Crippen molar-refractivity contribution in [2.45, 2.75) is 65.6 Å². The number of hydrogen-bond acceptors (Lipinski definition) is 4. The van der Waals surface area contributed by atoms with Crippen molar-refractivity contribution in [1.82, 2.24) is 9.80 Å². The summed E-state index contributed by atoms with van der Waals surface area (Å²) in [5.41, 5.74) is 0.350. The zero-order chi connectivity index (χ0) is 26.0. The predicted octanol–water partition coefficient (Wildman–Crippen LogP) is 5.15. The number of carbonyl (C=O) groups is 3. The van der Waals surface area contributed by atoms with Crippen molar-refractivity contribution in [2.24, 2.45) is 11.3 Å².